The number of carboxylic acid groups (broad SMARTS) is 1. The first-order valence-electron chi connectivity index (χ1n) is 7.59. The maximum Gasteiger partial charge on any atom is 0.161 e. The normalized spacial score (nSPS) is 11.5. The third kappa shape index (κ3) is 3.80. The van der Waals surface area contributed by atoms with Gasteiger partial charge in [-0.2, -0.15) is 0 Å². The molecule has 0 amide bonds. The first kappa shape index (κ1) is 17.0. The topological polar surface area (TPSA) is 71.5 Å². The van der Waals surface area contributed by atoms with E-state index in [0.29, 0.717) is 22.1 Å². The molecule has 0 radical (unpaired) electrons. The minimum absolute atomic E-state index is 0.214. The van der Waals surface area contributed by atoms with Gasteiger partial charge < -0.3 is 19.4 Å². The fraction of sp³-hybridized carbons (Fsp3) is 0.158. The number of benzene rings is 2. The molecule has 0 saturated heterocycles. The molecule has 3 rings (SSSR count). The summed E-state index contributed by atoms with van der Waals surface area (Å²) in [5.41, 5.74) is 2.24. The van der Waals surface area contributed by atoms with Crippen LogP contribution in [0.3, 0.4) is 0 Å². The van der Waals surface area contributed by atoms with Crippen molar-refractivity contribution < 1.29 is 19.4 Å². The zero-order chi connectivity index (χ0) is 17.8. The van der Waals surface area contributed by atoms with Crippen molar-refractivity contribution in [2.24, 2.45) is 0 Å². The van der Waals surface area contributed by atoms with Gasteiger partial charge in [-0.15, -0.1) is 11.3 Å². The lowest BCUT2D eigenvalue weighted by molar-refractivity contribution is -0.304. The predicted molar refractivity (Wildman–Crippen MR) is 96.7 cm³/mol. The maximum atomic E-state index is 11.2. The fourth-order valence-electron chi connectivity index (χ4n) is 2.50. The van der Waals surface area contributed by atoms with E-state index in [4.69, 9.17) is 9.47 Å². The molecular formula is C19H16NO4S-. The Hall–Kier alpha value is -2.86. The van der Waals surface area contributed by atoms with Crippen molar-refractivity contribution in [1.29, 1.82) is 0 Å². The average molecular weight is 354 g/mol. The molecule has 3 aromatic rings. The number of methoxy groups -OCH3 is 2. The van der Waals surface area contributed by atoms with Gasteiger partial charge in [0.05, 0.1) is 24.4 Å². The smallest absolute Gasteiger partial charge is 0.161 e. The molecule has 0 atom stereocenters. The maximum absolute atomic E-state index is 11.2. The minimum atomic E-state index is -1.15. The summed E-state index contributed by atoms with van der Waals surface area (Å²) in [6.45, 7) is 0. The first-order chi connectivity index (χ1) is 12.1. The van der Waals surface area contributed by atoms with Crippen LogP contribution in [0.4, 0.5) is 0 Å². The lowest BCUT2D eigenvalue weighted by Crippen LogP contribution is -2.22. The van der Waals surface area contributed by atoms with Crippen molar-refractivity contribution >= 4 is 39.2 Å². The second kappa shape index (κ2) is 7.36. The Morgan fingerprint density at radius 3 is 2.60 bits per heavy atom. The van der Waals surface area contributed by atoms with Crippen molar-refractivity contribution in [3.8, 4) is 11.5 Å². The van der Waals surface area contributed by atoms with E-state index in [1.807, 2.05) is 30.3 Å². The summed E-state index contributed by atoms with van der Waals surface area (Å²) >= 11 is 1.46. The van der Waals surface area contributed by atoms with Crippen molar-refractivity contribution in [3.63, 3.8) is 0 Å². The van der Waals surface area contributed by atoms with Gasteiger partial charge in [0.15, 0.2) is 11.5 Å². The van der Waals surface area contributed by atoms with Gasteiger partial charge in [0.1, 0.15) is 5.01 Å². The summed E-state index contributed by atoms with van der Waals surface area (Å²) in [7, 11) is 3.12. The van der Waals surface area contributed by atoms with E-state index in [0.717, 1.165) is 15.8 Å². The van der Waals surface area contributed by atoms with Crippen LogP contribution in [-0.4, -0.2) is 25.2 Å². The lowest BCUT2D eigenvalue weighted by Gasteiger charge is -2.09. The number of nitrogens with zero attached hydrogens (tertiary/aromatic N) is 1. The van der Waals surface area contributed by atoms with Crippen LogP contribution in [0.1, 0.15) is 17.0 Å². The third-order valence-electron chi connectivity index (χ3n) is 3.65. The Labute approximate surface area is 149 Å². The summed E-state index contributed by atoms with van der Waals surface area (Å²) in [6, 6.07) is 13.1. The molecule has 5 nitrogen and oxygen atoms in total. The molecule has 0 aliphatic rings. The molecule has 0 N–H and O–H groups in total. The minimum Gasteiger partial charge on any atom is -0.550 e. The number of ether oxygens (including phenoxy) is 2. The van der Waals surface area contributed by atoms with E-state index in [9.17, 15) is 9.90 Å². The van der Waals surface area contributed by atoms with Crippen molar-refractivity contribution in [1.82, 2.24) is 4.98 Å². The van der Waals surface area contributed by atoms with E-state index in [2.05, 4.69) is 4.98 Å². The Kier molecular flexibility index (Phi) is 5.00. The molecular weight excluding hydrogens is 338 g/mol. The molecule has 25 heavy (non-hydrogen) atoms. The summed E-state index contributed by atoms with van der Waals surface area (Å²) in [4.78, 5) is 15.7. The van der Waals surface area contributed by atoms with Crippen LogP contribution in [0.2, 0.25) is 0 Å². The molecule has 0 bridgehead atoms. The summed E-state index contributed by atoms with van der Waals surface area (Å²) in [5, 5.41) is 11.9. The number of hydrogen-bond donors (Lipinski definition) is 0. The lowest BCUT2D eigenvalue weighted by atomic mass is 10.1. The van der Waals surface area contributed by atoms with Crippen LogP contribution in [0.15, 0.2) is 42.5 Å². The number of aliphatic carboxylic acids is 1. The Bertz CT molecular complexity index is 913. The Balaban J connectivity index is 2.06. The van der Waals surface area contributed by atoms with E-state index < -0.39 is 5.97 Å². The summed E-state index contributed by atoms with van der Waals surface area (Å²) in [6.07, 6.45) is 1.57. The number of para-hydroxylation sites is 1. The third-order valence-corrected chi connectivity index (χ3v) is 4.76. The zero-order valence-electron chi connectivity index (χ0n) is 13.8. The zero-order valence-corrected chi connectivity index (χ0v) is 14.6. The monoisotopic (exact) mass is 354 g/mol. The molecule has 6 heteroatoms. The number of carbonyl (C=O) groups is 1. The molecule has 0 spiro atoms. The van der Waals surface area contributed by atoms with Crippen LogP contribution in [0.5, 0.6) is 11.5 Å². The fourth-order valence-corrected chi connectivity index (χ4v) is 3.48. The van der Waals surface area contributed by atoms with E-state index in [1.165, 1.54) is 11.3 Å². The van der Waals surface area contributed by atoms with Gasteiger partial charge in [-0.25, -0.2) is 4.98 Å². The SMILES string of the molecule is COc1ccc(/C=C(\CC(=O)[O-])c2nc3ccccc3s2)cc1OC. The van der Waals surface area contributed by atoms with Crippen molar-refractivity contribution in [3.05, 3.63) is 53.0 Å². The van der Waals surface area contributed by atoms with Gasteiger partial charge in [0.25, 0.3) is 0 Å². The van der Waals surface area contributed by atoms with Gasteiger partial charge >= 0.3 is 0 Å². The van der Waals surface area contributed by atoms with Gasteiger partial charge in [0, 0.05) is 12.4 Å². The molecule has 0 aliphatic heterocycles. The van der Waals surface area contributed by atoms with E-state index in [-0.39, 0.29) is 6.42 Å². The highest BCUT2D eigenvalue weighted by Gasteiger charge is 2.11. The quantitative estimate of drug-likeness (QED) is 0.680. The van der Waals surface area contributed by atoms with Gasteiger partial charge in [-0.1, -0.05) is 18.2 Å². The van der Waals surface area contributed by atoms with Crippen LogP contribution in [0.25, 0.3) is 21.9 Å². The Morgan fingerprint density at radius 2 is 1.92 bits per heavy atom. The van der Waals surface area contributed by atoms with Crippen molar-refractivity contribution in [2.75, 3.05) is 14.2 Å². The summed E-state index contributed by atoms with van der Waals surface area (Å²) in [5.74, 6) is 0.0421. The van der Waals surface area contributed by atoms with Gasteiger partial charge in [-0.3, -0.25) is 0 Å². The van der Waals surface area contributed by atoms with Crippen LogP contribution in [0, 0.1) is 0 Å². The van der Waals surface area contributed by atoms with Crippen LogP contribution in [-0.2, 0) is 4.79 Å². The van der Waals surface area contributed by atoms with Crippen LogP contribution >= 0.6 is 11.3 Å². The molecule has 0 fully saturated rings. The van der Waals surface area contributed by atoms with E-state index in [1.54, 1.807) is 32.4 Å². The largest absolute Gasteiger partial charge is 0.550 e. The van der Waals surface area contributed by atoms with Crippen LogP contribution < -0.4 is 14.6 Å². The summed E-state index contributed by atoms with van der Waals surface area (Å²) < 4.78 is 11.5. The average Bonchev–Trinajstić information content (AvgIpc) is 3.04. The number of rotatable bonds is 6. The van der Waals surface area contributed by atoms with Gasteiger partial charge in [-0.05, 0) is 41.5 Å². The molecule has 1 heterocycles. The molecule has 128 valence electrons. The standard InChI is InChI=1S/C19H17NO4S/c1-23-15-8-7-12(10-16(15)24-2)9-13(11-18(21)22)19-20-14-5-3-4-6-17(14)25-19/h3-10H,11H2,1-2H3,(H,21,22)/p-1/b13-9+. The molecule has 0 unspecified atom stereocenters. The number of carbonyl (C=O) groups excluding carboxylic acids is 1. The number of carboxylic acids is 1. The van der Waals surface area contributed by atoms with Crippen molar-refractivity contribution in [2.45, 2.75) is 6.42 Å². The number of fused-ring (bicyclic) bond motifs is 1. The number of hydrogen-bond acceptors (Lipinski definition) is 6. The first-order valence-corrected chi connectivity index (χ1v) is 8.40. The number of thiazole rings is 1. The van der Waals surface area contributed by atoms with Gasteiger partial charge in [0.2, 0.25) is 0 Å². The highest BCUT2D eigenvalue weighted by Crippen LogP contribution is 2.32. The second-order valence-electron chi connectivity index (χ2n) is 5.32. The highest BCUT2D eigenvalue weighted by atomic mass is 32.1. The molecule has 0 saturated carbocycles. The Morgan fingerprint density at radius 1 is 1.16 bits per heavy atom. The number of aromatic nitrogens is 1. The highest BCUT2D eigenvalue weighted by molar-refractivity contribution is 7.19. The van der Waals surface area contributed by atoms with E-state index >= 15 is 0 Å². The molecule has 0 aliphatic carbocycles. The predicted octanol–water partition coefficient (Wildman–Crippen LogP) is 2.99. The second-order valence-corrected chi connectivity index (χ2v) is 6.35. The molecule has 2 aromatic carbocycles. The molecule has 1 aromatic heterocycles.